The highest BCUT2D eigenvalue weighted by Crippen LogP contribution is 2.29. The Kier molecular flexibility index (Phi) is 7.21. The lowest BCUT2D eigenvalue weighted by Gasteiger charge is -2.14. The van der Waals surface area contributed by atoms with Crippen molar-refractivity contribution in [3.05, 3.63) is 54.1 Å². The lowest BCUT2D eigenvalue weighted by molar-refractivity contribution is -0.131. The van der Waals surface area contributed by atoms with Gasteiger partial charge >= 0.3 is 0 Å². The molecule has 11 heteroatoms. The van der Waals surface area contributed by atoms with Crippen molar-refractivity contribution >= 4 is 57.2 Å². The van der Waals surface area contributed by atoms with E-state index in [0.29, 0.717) is 23.1 Å². The molecule has 2 aromatic carbocycles. The van der Waals surface area contributed by atoms with E-state index in [1.54, 1.807) is 12.1 Å². The molecule has 1 unspecified atom stereocenters. The number of rotatable bonds is 7. The third-order valence-electron chi connectivity index (χ3n) is 4.35. The molecule has 1 heterocycles. The van der Waals surface area contributed by atoms with E-state index in [4.69, 9.17) is 4.55 Å². The highest BCUT2D eigenvalue weighted by Gasteiger charge is 2.41. The number of anilines is 2. The molecule has 31 heavy (non-hydrogen) atoms. The van der Waals surface area contributed by atoms with Crippen LogP contribution in [0.3, 0.4) is 0 Å². The van der Waals surface area contributed by atoms with Gasteiger partial charge in [0.25, 0.3) is 5.24 Å². The van der Waals surface area contributed by atoms with Crippen LogP contribution >= 0.6 is 11.8 Å². The fourth-order valence-corrected chi connectivity index (χ4v) is 4.14. The third kappa shape index (κ3) is 6.00. The first-order valence-electron chi connectivity index (χ1n) is 9.12. The summed E-state index contributed by atoms with van der Waals surface area (Å²) in [6.45, 7) is 1.43. The van der Waals surface area contributed by atoms with E-state index in [0.717, 1.165) is 10.5 Å². The molecule has 0 aliphatic carbocycles. The standard InChI is InChI=1S/C20H19N3O6S2/c1-12-2-4-13(5-3-12)21-17(24)10-16-19(26)23(20(27)30-16)11-18(25)22-14-6-8-15(9-7-14)31(28)29/h2-9,16H,10-11H2,1H3,(H,21,24)(H,22,25)(H,28,29)/t16-/m1/s1. The van der Waals surface area contributed by atoms with Crippen molar-refractivity contribution in [3.63, 3.8) is 0 Å². The van der Waals surface area contributed by atoms with Gasteiger partial charge in [-0.25, -0.2) is 4.21 Å². The smallest absolute Gasteiger partial charge is 0.289 e. The minimum Gasteiger partial charge on any atom is -0.326 e. The van der Waals surface area contributed by atoms with Gasteiger partial charge < -0.3 is 15.2 Å². The molecule has 0 saturated carbocycles. The summed E-state index contributed by atoms with van der Waals surface area (Å²) in [5.74, 6) is -1.62. The van der Waals surface area contributed by atoms with Crippen molar-refractivity contribution in [2.75, 3.05) is 17.2 Å². The van der Waals surface area contributed by atoms with Gasteiger partial charge in [-0.05, 0) is 43.3 Å². The fourth-order valence-electron chi connectivity index (χ4n) is 2.79. The second-order valence-corrected chi connectivity index (χ2v) is 8.86. The Morgan fingerprint density at radius 2 is 1.55 bits per heavy atom. The van der Waals surface area contributed by atoms with Crippen LogP contribution in [0.2, 0.25) is 0 Å². The van der Waals surface area contributed by atoms with Crippen LogP contribution in [0, 0.1) is 6.92 Å². The van der Waals surface area contributed by atoms with E-state index < -0.39 is 45.8 Å². The van der Waals surface area contributed by atoms with Crippen LogP contribution in [-0.4, -0.2) is 48.4 Å². The summed E-state index contributed by atoms with van der Waals surface area (Å²) in [4.78, 5) is 50.1. The first-order chi connectivity index (χ1) is 14.7. The Bertz CT molecular complexity index is 1040. The number of nitrogens with one attached hydrogen (secondary N) is 2. The topological polar surface area (TPSA) is 133 Å². The number of thioether (sulfide) groups is 1. The Labute approximate surface area is 184 Å². The zero-order valence-corrected chi connectivity index (χ0v) is 18.0. The summed E-state index contributed by atoms with van der Waals surface area (Å²) >= 11 is -1.42. The monoisotopic (exact) mass is 461 g/mol. The zero-order chi connectivity index (χ0) is 22.5. The molecule has 1 aliphatic rings. The van der Waals surface area contributed by atoms with Crippen LogP contribution in [0.4, 0.5) is 16.2 Å². The maximum atomic E-state index is 12.5. The number of aryl methyl sites for hydroxylation is 1. The zero-order valence-electron chi connectivity index (χ0n) is 16.4. The third-order valence-corrected chi connectivity index (χ3v) is 6.10. The molecular weight excluding hydrogens is 442 g/mol. The summed E-state index contributed by atoms with van der Waals surface area (Å²) < 4.78 is 20.0. The first-order valence-corrected chi connectivity index (χ1v) is 11.1. The lowest BCUT2D eigenvalue weighted by Crippen LogP contribution is -2.38. The van der Waals surface area contributed by atoms with E-state index in [-0.39, 0.29) is 11.3 Å². The van der Waals surface area contributed by atoms with Crippen molar-refractivity contribution in [1.82, 2.24) is 4.90 Å². The summed E-state index contributed by atoms with van der Waals surface area (Å²) in [7, 11) is 0. The molecule has 1 saturated heterocycles. The number of hydrogen-bond donors (Lipinski definition) is 3. The van der Waals surface area contributed by atoms with Gasteiger partial charge in [-0.2, -0.15) is 0 Å². The van der Waals surface area contributed by atoms with Gasteiger partial charge in [-0.15, -0.1) is 0 Å². The molecule has 9 nitrogen and oxygen atoms in total. The second-order valence-electron chi connectivity index (χ2n) is 6.74. The molecule has 3 rings (SSSR count). The molecule has 0 bridgehead atoms. The predicted molar refractivity (Wildman–Crippen MR) is 117 cm³/mol. The lowest BCUT2D eigenvalue weighted by atomic mass is 10.2. The van der Waals surface area contributed by atoms with Crippen molar-refractivity contribution in [2.45, 2.75) is 23.5 Å². The van der Waals surface area contributed by atoms with E-state index >= 15 is 0 Å². The Morgan fingerprint density at radius 3 is 2.13 bits per heavy atom. The number of imide groups is 1. The Morgan fingerprint density at radius 1 is 1.00 bits per heavy atom. The summed E-state index contributed by atoms with van der Waals surface area (Å²) in [6, 6.07) is 12.8. The van der Waals surface area contributed by atoms with Gasteiger partial charge in [0.2, 0.25) is 17.7 Å². The number of nitrogens with zero attached hydrogens (tertiary/aromatic N) is 1. The van der Waals surface area contributed by atoms with E-state index in [1.165, 1.54) is 24.3 Å². The van der Waals surface area contributed by atoms with Crippen molar-refractivity contribution < 1.29 is 27.9 Å². The molecule has 2 atom stereocenters. The molecule has 2 aromatic rings. The molecular formula is C20H19N3O6S2. The van der Waals surface area contributed by atoms with Crippen molar-refractivity contribution in [3.8, 4) is 0 Å². The molecule has 3 N–H and O–H groups in total. The average Bonchev–Trinajstić information content (AvgIpc) is 2.97. The minimum absolute atomic E-state index is 0.172. The van der Waals surface area contributed by atoms with Crippen molar-refractivity contribution in [2.24, 2.45) is 0 Å². The normalized spacial score (nSPS) is 16.8. The maximum absolute atomic E-state index is 12.5. The van der Waals surface area contributed by atoms with E-state index in [2.05, 4.69) is 10.6 Å². The van der Waals surface area contributed by atoms with E-state index in [1.807, 2.05) is 19.1 Å². The van der Waals surface area contributed by atoms with Gasteiger partial charge in [-0.3, -0.25) is 24.1 Å². The van der Waals surface area contributed by atoms with Crippen LogP contribution in [-0.2, 0) is 25.5 Å². The highest BCUT2D eigenvalue weighted by atomic mass is 32.2. The quantitative estimate of drug-likeness (QED) is 0.540. The van der Waals surface area contributed by atoms with Crippen LogP contribution < -0.4 is 10.6 Å². The van der Waals surface area contributed by atoms with E-state index in [9.17, 15) is 23.4 Å². The minimum atomic E-state index is -2.13. The molecule has 1 aliphatic heterocycles. The fraction of sp³-hybridized carbons (Fsp3) is 0.200. The van der Waals surface area contributed by atoms with Gasteiger partial charge in [0.05, 0.1) is 4.90 Å². The van der Waals surface area contributed by atoms with Crippen LogP contribution in [0.25, 0.3) is 0 Å². The van der Waals surface area contributed by atoms with Gasteiger partial charge in [0, 0.05) is 17.8 Å². The largest absolute Gasteiger partial charge is 0.326 e. The average molecular weight is 462 g/mol. The molecule has 1 fully saturated rings. The molecule has 0 radical (unpaired) electrons. The maximum Gasteiger partial charge on any atom is 0.289 e. The number of carbonyl (C=O) groups excluding carboxylic acids is 4. The molecule has 0 aromatic heterocycles. The molecule has 162 valence electrons. The van der Waals surface area contributed by atoms with Crippen LogP contribution in [0.15, 0.2) is 53.4 Å². The van der Waals surface area contributed by atoms with Crippen molar-refractivity contribution in [1.29, 1.82) is 0 Å². The number of amides is 4. The number of hydrogen-bond acceptors (Lipinski definition) is 6. The SMILES string of the molecule is Cc1ccc(NC(=O)C[C@H]2SC(=O)N(CC(=O)Nc3ccc(S(=O)O)cc3)C2=O)cc1. The Hall–Kier alpha value is -3.02. The highest BCUT2D eigenvalue weighted by molar-refractivity contribution is 8.15. The molecule has 0 spiro atoms. The molecule has 4 amide bonds. The van der Waals surface area contributed by atoms with Crippen LogP contribution in [0.1, 0.15) is 12.0 Å². The van der Waals surface area contributed by atoms with Crippen LogP contribution in [0.5, 0.6) is 0 Å². The van der Waals surface area contributed by atoms with Gasteiger partial charge in [-0.1, -0.05) is 29.5 Å². The summed E-state index contributed by atoms with van der Waals surface area (Å²) in [6.07, 6.45) is -0.193. The van der Waals surface area contributed by atoms with Gasteiger partial charge in [0.15, 0.2) is 11.1 Å². The second kappa shape index (κ2) is 9.86. The summed E-state index contributed by atoms with van der Waals surface area (Å²) in [5, 5.41) is 3.70. The number of carbonyl (C=O) groups is 4. The summed E-state index contributed by atoms with van der Waals surface area (Å²) in [5.41, 5.74) is 1.97. The van der Waals surface area contributed by atoms with Gasteiger partial charge in [0.1, 0.15) is 11.8 Å². The number of benzene rings is 2. The predicted octanol–water partition coefficient (Wildman–Crippen LogP) is 2.61. The Balaban J connectivity index is 1.54. The first kappa shape index (κ1) is 22.7.